The fourth-order valence-corrected chi connectivity index (χ4v) is 2.09. The second-order valence-electron chi connectivity index (χ2n) is 4.20. The van der Waals surface area contributed by atoms with Crippen LogP contribution < -0.4 is 5.73 Å². The zero-order valence-electron chi connectivity index (χ0n) is 8.50. The summed E-state index contributed by atoms with van der Waals surface area (Å²) >= 11 is 5.85. The summed E-state index contributed by atoms with van der Waals surface area (Å²) in [5, 5.41) is 0.534. The van der Waals surface area contributed by atoms with Gasteiger partial charge in [0.2, 0.25) is 0 Å². The molecule has 1 fully saturated rings. The largest absolute Gasteiger partial charge is 0.399 e. The van der Waals surface area contributed by atoms with Gasteiger partial charge in [0, 0.05) is 22.7 Å². The quantitative estimate of drug-likeness (QED) is 0.631. The van der Waals surface area contributed by atoms with Gasteiger partial charge < -0.3 is 5.73 Å². The molecular weight excluding hydrogens is 210 g/mol. The van der Waals surface area contributed by atoms with E-state index in [-0.39, 0.29) is 5.78 Å². The van der Waals surface area contributed by atoms with Crippen molar-refractivity contribution in [3.63, 3.8) is 0 Å². The molecule has 2 N–H and O–H groups in total. The molecule has 80 valence electrons. The van der Waals surface area contributed by atoms with Crippen LogP contribution in [-0.2, 0) is 0 Å². The minimum Gasteiger partial charge on any atom is -0.399 e. The van der Waals surface area contributed by atoms with Crippen LogP contribution in [0.25, 0.3) is 0 Å². The molecule has 2 nitrogen and oxygen atoms in total. The molecule has 1 aliphatic rings. The molecule has 0 bridgehead atoms. The van der Waals surface area contributed by atoms with Gasteiger partial charge in [-0.1, -0.05) is 30.9 Å². The molecule has 3 heteroatoms. The van der Waals surface area contributed by atoms with E-state index < -0.39 is 0 Å². The molecule has 0 unspecified atom stereocenters. The van der Waals surface area contributed by atoms with E-state index in [9.17, 15) is 4.79 Å². The van der Waals surface area contributed by atoms with Crippen LogP contribution in [0.3, 0.4) is 0 Å². The molecule has 0 radical (unpaired) electrons. The Morgan fingerprint density at radius 2 is 2.13 bits per heavy atom. The number of Topliss-reactive ketones (excluding diaryl/α,β-unsaturated/α-hetero) is 1. The van der Waals surface area contributed by atoms with Crippen molar-refractivity contribution < 1.29 is 4.79 Å². The van der Waals surface area contributed by atoms with E-state index in [1.807, 2.05) is 0 Å². The van der Waals surface area contributed by atoms with E-state index >= 15 is 0 Å². The van der Waals surface area contributed by atoms with E-state index in [1.165, 1.54) is 19.3 Å². The number of benzene rings is 1. The number of anilines is 1. The first kappa shape index (κ1) is 10.5. The van der Waals surface area contributed by atoms with Crippen molar-refractivity contribution in [2.45, 2.75) is 25.7 Å². The molecule has 2 rings (SSSR count). The normalized spacial score (nSPS) is 16.1. The average molecular weight is 224 g/mol. The molecule has 1 aromatic rings. The Morgan fingerprint density at radius 3 is 2.67 bits per heavy atom. The van der Waals surface area contributed by atoms with Crippen molar-refractivity contribution in [1.82, 2.24) is 0 Å². The van der Waals surface area contributed by atoms with Crippen molar-refractivity contribution in [1.29, 1.82) is 0 Å². The van der Waals surface area contributed by atoms with Gasteiger partial charge in [0.25, 0.3) is 0 Å². The fourth-order valence-electron chi connectivity index (χ4n) is 1.85. The molecule has 0 saturated heterocycles. The third-order valence-corrected chi connectivity index (χ3v) is 3.16. The van der Waals surface area contributed by atoms with Crippen molar-refractivity contribution in [3.8, 4) is 0 Å². The molecule has 15 heavy (non-hydrogen) atoms. The smallest absolute Gasteiger partial charge is 0.163 e. The van der Waals surface area contributed by atoms with Gasteiger partial charge in [0.05, 0.1) is 0 Å². The second kappa shape index (κ2) is 4.23. The maximum Gasteiger partial charge on any atom is 0.163 e. The summed E-state index contributed by atoms with van der Waals surface area (Å²) < 4.78 is 0. The highest BCUT2D eigenvalue weighted by atomic mass is 35.5. The fraction of sp³-hybridized carbons (Fsp3) is 0.417. The van der Waals surface area contributed by atoms with Crippen LogP contribution in [0.5, 0.6) is 0 Å². The Labute approximate surface area is 94.4 Å². The average Bonchev–Trinajstić information content (AvgIpc) is 2.09. The number of ketones is 1. The maximum absolute atomic E-state index is 11.8. The van der Waals surface area contributed by atoms with Crippen molar-refractivity contribution >= 4 is 23.1 Å². The summed E-state index contributed by atoms with van der Waals surface area (Å²) in [5.41, 5.74) is 6.84. The lowest BCUT2D eigenvalue weighted by Crippen LogP contribution is -2.16. The molecule has 1 aliphatic carbocycles. The molecule has 1 aromatic carbocycles. The number of carbonyl (C=O) groups excluding carboxylic acids is 1. The first-order chi connectivity index (χ1) is 7.15. The third kappa shape index (κ3) is 2.51. The number of hydrogen-bond acceptors (Lipinski definition) is 2. The number of nitrogen functional groups attached to an aromatic ring is 1. The SMILES string of the molecule is Nc1cc(Cl)cc(C(=O)CC2CCC2)c1. The molecule has 0 aliphatic heterocycles. The molecule has 0 amide bonds. The number of halogens is 1. The summed E-state index contributed by atoms with van der Waals surface area (Å²) in [5.74, 6) is 0.742. The highest BCUT2D eigenvalue weighted by molar-refractivity contribution is 6.31. The van der Waals surface area contributed by atoms with Gasteiger partial charge >= 0.3 is 0 Å². The molecule has 1 saturated carbocycles. The topological polar surface area (TPSA) is 43.1 Å². The minimum atomic E-state index is 0.161. The van der Waals surface area contributed by atoms with Gasteiger partial charge in [0.1, 0.15) is 0 Å². The molecule has 0 aromatic heterocycles. The second-order valence-corrected chi connectivity index (χ2v) is 4.63. The lowest BCUT2D eigenvalue weighted by atomic mass is 9.81. The Kier molecular flexibility index (Phi) is 2.96. The van der Waals surface area contributed by atoms with Gasteiger partial charge in [-0.25, -0.2) is 0 Å². The number of rotatable bonds is 3. The van der Waals surface area contributed by atoms with Crippen LogP contribution in [0.2, 0.25) is 5.02 Å². The molecule has 0 atom stereocenters. The summed E-state index contributed by atoms with van der Waals surface area (Å²) in [7, 11) is 0. The van der Waals surface area contributed by atoms with E-state index in [4.69, 9.17) is 17.3 Å². The third-order valence-electron chi connectivity index (χ3n) is 2.94. The zero-order valence-corrected chi connectivity index (χ0v) is 9.26. The van der Waals surface area contributed by atoms with Gasteiger partial charge in [-0.05, 0) is 24.1 Å². The summed E-state index contributed by atoms with van der Waals surface area (Å²) in [6.07, 6.45) is 4.26. The summed E-state index contributed by atoms with van der Waals surface area (Å²) in [6.45, 7) is 0. The van der Waals surface area contributed by atoms with Crippen LogP contribution in [0, 0.1) is 5.92 Å². The van der Waals surface area contributed by atoms with Gasteiger partial charge in [0.15, 0.2) is 5.78 Å². The highest BCUT2D eigenvalue weighted by Gasteiger charge is 2.21. The first-order valence-electron chi connectivity index (χ1n) is 5.24. The van der Waals surface area contributed by atoms with Crippen molar-refractivity contribution in [2.75, 3.05) is 5.73 Å². The van der Waals surface area contributed by atoms with Crippen LogP contribution in [0.4, 0.5) is 5.69 Å². The number of carbonyl (C=O) groups is 1. The van der Waals surface area contributed by atoms with Crippen LogP contribution >= 0.6 is 11.6 Å². The lowest BCUT2D eigenvalue weighted by Gasteiger charge is -2.24. The van der Waals surface area contributed by atoms with E-state index in [0.717, 1.165) is 0 Å². The van der Waals surface area contributed by atoms with Gasteiger partial charge in [-0.3, -0.25) is 4.79 Å². The predicted molar refractivity (Wildman–Crippen MR) is 62.2 cm³/mol. The molecule has 0 heterocycles. The van der Waals surface area contributed by atoms with Crippen molar-refractivity contribution in [2.24, 2.45) is 5.92 Å². The maximum atomic E-state index is 11.8. The Balaban J connectivity index is 2.10. The monoisotopic (exact) mass is 223 g/mol. The Hall–Kier alpha value is -1.02. The number of hydrogen-bond donors (Lipinski definition) is 1. The molecule has 0 spiro atoms. The highest BCUT2D eigenvalue weighted by Crippen LogP contribution is 2.31. The van der Waals surface area contributed by atoms with Gasteiger partial charge in [-0.15, -0.1) is 0 Å². The van der Waals surface area contributed by atoms with Crippen LogP contribution in [0.1, 0.15) is 36.0 Å². The van der Waals surface area contributed by atoms with Crippen LogP contribution in [0.15, 0.2) is 18.2 Å². The first-order valence-corrected chi connectivity index (χ1v) is 5.62. The summed E-state index contributed by atoms with van der Waals surface area (Å²) in [6, 6.07) is 5.05. The van der Waals surface area contributed by atoms with Gasteiger partial charge in [-0.2, -0.15) is 0 Å². The Morgan fingerprint density at radius 1 is 1.40 bits per heavy atom. The minimum absolute atomic E-state index is 0.161. The molecular formula is C12H14ClNO. The predicted octanol–water partition coefficient (Wildman–Crippen LogP) is 3.30. The summed E-state index contributed by atoms with van der Waals surface area (Å²) in [4.78, 5) is 11.8. The standard InChI is InChI=1S/C12H14ClNO/c13-10-5-9(6-11(14)7-10)12(15)4-8-2-1-3-8/h5-8H,1-4,14H2. The Bertz CT molecular complexity index is 365. The van der Waals surface area contributed by atoms with E-state index in [2.05, 4.69) is 0 Å². The van der Waals surface area contributed by atoms with E-state index in [0.29, 0.717) is 28.6 Å². The zero-order chi connectivity index (χ0) is 10.8. The van der Waals surface area contributed by atoms with Crippen LogP contribution in [-0.4, -0.2) is 5.78 Å². The van der Waals surface area contributed by atoms with E-state index in [1.54, 1.807) is 18.2 Å². The van der Waals surface area contributed by atoms with Crippen molar-refractivity contribution in [3.05, 3.63) is 28.8 Å². The lowest BCUT2D eigenvalue weighted by molar-refractivity contribution is 0.0936. The number of nitrogens with two attached hydrogens (primary N) is 1.